The number of fused-ring (bicyclic) bond motifs is 1. The number of para-hydroxylation sites is 1. The van der Waals surface area contributed by atoms with Crippen molar-refractivity contribution in [2.75, 3.05) is 12.4 Å². The molecule has 1 fully saturated rings. The fourth-order valence-electron chi connectivity index (χ4n) is 3.05. The number of thioether (sulfide) groups is 1. The fraction of sp³-hybridized carbons (Fsp3) is 0.353. The van der Waals surface area contributed by atoms with Crippen LogP contribution in [0.15, 0.2) is 40.5 Å². The number of nitro groups is 1. The van der Waals surface area contributed by atoms with Crippen LogP contribution in [0.5, 0.6) is 0 Å². The largest absolute Gasteiger partial charge is 0.463 e. The molecule has 9 heteroatoms. The molecule has 1 aromatic rings. The lowest BCUT2D eigenvalue weighted by Crippen LogP contribution is -2.46. The number of carbonyl (C=O) groups excluding carboxylic acids is 2. The van der Waals surface area contributed by atoms with Gasteiger partial charge in [-0.1, -0.05) is 23.9 Å². The summed E-state index contributed by atoms with van der Waals surface area (Å²) in [6.45, 7) is 3.48. The van der Waals surface area contributed by atoms with Crippen molar-refractivity contribution in [3.63, 3.8) is 0 Å². The van der Waals surface area contributed by atoms with Crippen LogP contribution >= 0.6 is 11.8 Å². The van der Waals surface area contributed by atoms with Gasteiger partial charge in [-0.25, -0.2) is 9.79 Å². The van der Waals surface area contributed by atoms with Crippen LogP contribution in [0.3, 0.4) is 0 Å². The summed E-state index contributed by atoms with van der Waals surface area (Å²) >= 11 is 1.39. The van der Waals surface area contributed by atoms with Crippen LogP contribution in [0.2, 0.25) is 0 Å². The topological polar surface area (TPSA) is 102 Å². The summed E-state index contributed by atoms with van der Waals surface area (Å²) in [5, 5.41) is 12.0. The zero-order valence-electron chi connectivity index (χ0n) is 14.3. The third-order valence-electron chi connectivity index (χ3n) is 4.13. The second kappa shape index (κ2) is 7.28. The van der Waals surface area contributed by atoms with Crippen molar-refractivity contribution in [1.29, 1.82) is 0 Å². The third kappa shape index (κ3) is 3.10. The summed E-state index contributed by atoms with van der Waals surface area (Å²) in [5.74, 6) is -0.265. The molecule has 0 bridgehead atoms. The van der Waals surface area contributed by atoms with E-state index in [2.05, 4.69) is 4.99 Å². The summed E-state index contributed by atoms with van der Waals surface area (Å²) in [6, 6.07) is 5.19. The monoisotopic (exact) mass is 375 g/mol. The first kappa shape index (κ1) is 18.1. The Balaban J connectivity index is 2.23. The number of rotatable bonds is 4. The average Bonchev–Trinajstić information content (AvgIpc) is 2.60. The van der Waals surface area contributed by atoms with Gasteiger partial charge in [0.1, 0.15) is 6.04 Å². The fourth-order valence-corrected chi connectivity index (χ4v) is 4.05. The Morgan fingerprint density at radius 2 is 2.19 bits per heavy atom. The Kier molecular flexibility index (Phi) is 5.08. The summed E-state index contributed by atoms with van der Waals surface area (Å²) in [7, 11) is 0. The number of amidine groups is 1. The van der Waals surface area contributed by atoms with Crippen molar-refractivity contribution in [2.45, 2.75) is 26.3 Å². The van der Waals surface area contributed by atoms with Gasteiger partial charge in [-0.3, -0.25) is 19.8 Å². The average molecular weight is 375 g/mol. The van der Waals surface area contributed by atoms with Crippen LogP contribution in [-0.4, -0.2) is 39.2 Å². The van der Waals surface area contributed by atoms with Crippen LogP contribution < -0.4 is 0 Å². The molecule has 1 atom stereocenters. The van der Waals surface area contributed by atoms with Crippen LogP contribution in [-0.2, 0) is 14.3 Å². The predicted molar refractivity (Wildman–Crippen MR) is 96.5 cm³/mol. The zero-order chi connectivity index (χ0) is 18.8. The predicted octanol–water partition coefficient (Wildman–Crippen LogP) is 2.81. The highest BCUT2D eigenvalue weighted by molar-refractivity contribution is 8.14. The number of nitro benzene ring substituents is 1. The molecule has 1 amide bonds. The molecule has 0 radical (unpaired) electrons. The van der Waals surface area contributed by atoms with Gasteiger partial charge >= 0.3 is 5.97 Å². The Hall–Kier alpha value is -2.68. The van der Waals surface area contributed by atoms with E-state index in [1.807, 2.05) is 0 Å². The lowest BCUT2D eigenvalue weighted by atomic mass is 9.93. The standard InChI is InChI=1S/C17H17N3O5S/c1-3-25-16(22)14-10(2)18-17-19(13(21)8-9-26-17)15(14)11-6-4-5-7-12(11)20(23)24/h4-7,15H,3,8-9H2,1-2H3/t15-/m0/s1. The van der Waals surface area contributed by atoms with Gasteiger partial charge in [0.15, 0.2) is 5.17 Å². The Bertz CT molecular complexity index is 849. The molecule has 0 unspecified atom stereocenters. The molecule has 1 aromatic carbocycles. The van der Waals surface area contributed by atoms with E-state index in [1.165, 1.54) is 22.7 Å². The number of ether oxygens (including phenoxy) is 1. The molecule has 0 spiro atoms. The number of hydrogen-bond acceptors (Lipinski definition) is 7. The molecular weight excluding hydrogens is 358 g/mol. The summed E-state index contributed by atoms with van der Waals surface area (Å²) < 4.78 is 5.14. The van der Waals surface area contributed by atoms with Crippen LogP contribution in [0.1, 0.15) is 31.9 Å². The molecule has 2 aliphatic heterocycles. The maximum Gasteiger partial charge on any atom is 0.338 e. The van der Waals surface area contributed by atoms with Gasteiger partial charge in [0, 0.05) is 18.2 Å². The zero-order valence-corrected chi connectivity index (χ0v) is 15.1. The molecule has 2 heterocycles. The SMILES string of the molecule is CCOC(=O)C1=C(C)N=C2SCCC(=O)N2[C@H]1c1ccccc1[N+](=O)[O-]. The number of nitrogens with zero attached hydrogens (tertiary/aromatic N) is 3. The molecule has 2 aliphatic rings. The highest BCUT2D eigenvalue weighted by Gasteiger charge is 2.43. The van der Waals surface area contributed by atoms with Crippen LogP contribution in [0.4, 0.5) is 5.69 Å². The van der Waals surface area contributed by atoms with Crippen molar-refractivity contribution < 1.29 is 19.2 Å². The first-order valence-corrected chi connectivity index (χ1v) is 9.09. The van der Waals surface area contributed by atoms with Gasteiger partial charge < -0.3 is 4.74 Å². The quantitative estimate of drug-likeness (QED) is 0.455. The maximum atomic E-state index is 12.6. The number of hydrogen-bond donors (Lipinski definition) is 0. The molecule has 1 saturated heterocycles. The van der Waals surface area contributed by atoms with Gasteiger partial charge in [-0.2, -0.15) is 0 Å². The first-order valence-electron chi connectivity index (χ1n) is 8.10. The molecule has 0 aromatic heterocycles. The van der Waals surface area contributed by atoms with E-state index in [1.54, 1.807) is 32.0 Å². The number of benzene rings is 1. The second-order valence-electron chi connectivity index (χ2n) is 5.69. The van der Waals surface area contributed by atoms with Gasteiger partial charge in [-0.15, -0.1) is 0 Å². The van der Waals surface area contributed by atoms with E-state index in [9.17, 15) is 19.7 Å². The maximum absolute atomic E-state index is 12.6. The van der Waals surface area contributed by atoms with Crippen molar-refractivity contribution in [3.05, 3.63) is 51.2 Å². The van der Waals surface area contributed by atoms with E-state index in [-0.39, 0.29) is 35.8 Å². The van der Waals surface area contributed by atoms with E-state index in [4.69, 9.17) is 4.74 Å². The minimum Gasteiger partial charge on any atom is -0.463 e. The number of esters is 1. The lowest BCUT2D eigenvalue weighted by Gasteiger charge is -2.38. The Labute approximate surface area is 154 Å². The van der Waals surface area contributed by atoms with Gasteiger partial charge in [0.2, 0.25) is 5.91 Å². The molecule has 0 aliphatic carbocycles. The highest BCUT2D eigenvalue weighted by atomic mass is 32.2. The van der Waals surface area contributed by atoms with E-state index in [0.717, 1.165) is 0 Å². The minimum atomic E-state index is -0.927. The Morgan fingerprint density at radius 3 is 2.88 bits per heavy atom. The van der Waals surface area contributed by atoms with E-state index >= 15 is 0 Å². The van der Waals surface area contributed by atoms with Crippen LogP contribution in [0, 0.1) is 10.1 Å². The number of allylic oxidation sites excluding steroid dienone is 1. The van der Waals surface area contributed by atoms with Crippen molar-refractivity contribution >= 4 is 34.5 Å². The minimum absolute atomic E-state index is 0.151. The van der Waals surface area contributed by atoms with Crippen molar-refractivity contribution in [2.24, 2.45) is 4.99 Å². The first-order chi connectivity index (χ1) is 12.5. The highest BCUT2D eigenvalue weighted by Crippen LogP contribution is 2.42. The number of amides is 1. The number of aliphatic imine (C=N–C) groups is 1. The van der Waals surface area contributed by atoms with E-state index < -0.39 is 16.9 Å². The molecule has 0 saturated carbocycles. The van der Waals surface area contributed by atoms with E-state index in [0.29, 0.717) is 16.6 Å². The summed E-state index contributed by atoms with van der Waals surface area (Å²) in [6.07, 6.45) is 0.274. The molecular formula is C17H17N3O5S. The molecule has 26 heavy (non-hydrogen) atoms. The second-order valence-corrected chi connectivity index (χ2v) is 6.76. The van der Waals surface area contributed by atoms with Crippen LogP contribution in [0.25, 0.3) is 0 Å². The normalized spacial score (nSPS) is 19.8. The van der Waals surface area contributed by atoms with Crippen molar-refractivity contribution in [1.82, 2.24) is 4.90 Å². The smallest absolute Gasteiger partial charge is 0.338 e. The third-order valence-corrected chi connectivity index (χ3v) is 5.08. The van der Waals surface area contributed by atoms with Gasteiger partial charge in [0.05, 0.1) is 28.4 Å². The molecule has 0 N–H and O–H groups in total. The molecule has 8 nitrogen and oxygen atoms in total. The summed E-state index contributed by atoms with van der Waals surface area (Å²) in [5.41, 5.74) is 0.667. The van der Waals surface area contributed by atoms with Gasteiger partial charge in [0.25, 0.3) is 5.69 Å². The summed E-state index contributed by atoms with van der Waals surface area (Å²) in [4.78, 5) is 42.0. The molecule has 3 rings (SSSR count). The van der Waals surface area contributed by atoms with Gasteiger partial charge in [-0.05, 0) is 19.9 Å². The van der Waals surface area contributed by atoms with Crippen molar-refractivity contribution in [3.8, 4) is 0 Å². The lowest BCUT2D eigenvalue weighted by molar-refractivity contribution is -0.385. The Morgan fingerprint density at radius 1 is 1.46 bits per heavy atom. The number of carbonyl (C=O) groups is 2. The molecule has 136 valence electrons.